The highest BCUT2D eigenvalue weighted by atomic mass is 15.1. The summed E-state index contributed by atoms with van der Waals surface area (Å²) in [4.78, 5) is 2.27. The molecule has 0 aromatic rings. The SMILES string of the molecule is C1=CN2C=CCC3=C2C(=CCC3)C1. The van der Waals surface area contributed by atoms with Crippen molar-refractivity contribution in [3.8, 4) is 0 Å². The second-order valence-electron chi connectivity index (χ2n) is 3.81. The Kier molecular flexibility index (Phi) is 1.45. The zero-order chi connectivity index (χ0) is 8.67. The maximum absolute atomic E-state index is 2.40. The van der Waals surface area contributed by atoms with Crippen LogP contribution in [-0.4, -0.2) is 4.90 Å². The summed E-state index contributed by atoms with van der Waals surface area (Å²) < 4.78 is 0. The third kappa shape index (κ3) is 0.998. The first-order valence-electron chi connectivity index (χ1n) is 4.98. The topological polar surface area (TPSA) is 3.24 Å². The van der Waals surface area contributed by atoms with Gasteiger partial charge in [-0.15, -0.1) is 0 Å². The maximum atomic E-state index is 2.40. The van der Waals surface area contributed by atoms with Gasteiger partial charge in [-0.2, -0.15) is 0 Å². The molecule has 0 amide bonds. The fourth-order valence-electron chi connectivity index (χ4n) is 2.39. The summed E-state index contributed by atoms with van der Waals surface area (Å²) in [5.41, 5.74) is 4.66. The molecule has 0 saturated heterocycles. The molecule has 3 aliphatic rings. The van der Waals surface area contributed by atoms with E-state index in [1.54, 1.807) is 5.57 Å². The number of nitrogens with zero attached hydrogens (tertiary/aromatic N) is 1. The van der Waals surface area contributed by atoms with Crippen molar-refractivity contribution in [1.29, 1.82) is 0 Å². The summed E-state index contributed by atoms with van der Waals surface area (Å²) in [6.07, 6.45) is 16.1. The summed E-state index contributed by atoms with van der Waals surface area (Å²) in [5, 5.41) is 0. The molecular formula is C12H13N. The van der Waals surface area contributed by atoms with Crippen LogP contribution in [0.2, 0.25) is 0 Å². The third-order valence-corrected chi connectivity index (χ3v) is 2.97. The van der Waals surface area contributed by atoms with Gasteiger partial charge in [-0.1, -0.05) is 18.2 Å². The van der Waals surface area contributed by atoms with E-state index in [0.29, 0.717) is 0 Å². The van der Waals surface area contributed by atoms with Gasteiger partial charge in [-0.3, -0.25) is 0 Å². The van der Waals surface area contributed by atoms with E-state index in [0.717, 1.165) is 12.8 Å². The molecule has 1 heteroatoms. The summed E-state index contributed by atoms with van der Waals surface area (Å²) in [5.74, 6) is 0. The zero-order valence-corrected chi connectivity index (χ0v) is 7.66. The van der Waals surface area contributed by atoms with Crippen LogP contribution in [0.25, 0.3) is 0 Å². The second kappa shape index (κ2) is 2.63. The molecule has 0 saturated carbocycles. The van der Waals surface area contributed by atoms with Crippen molar-refractivity contribution < 1.29 is 0 Å². The Balaban J connectivity index is 2.14. The first kappa shape index (κ1) is 7.19. The van der Waals surface area contributed by atoms with Gasteiger partial charge in [0, 0.05) is 18.1 Å². The molecule has 0 spiro atoms. The van der Waals surface area contributed by atoms with Crippen molar-refractivity contribution in [1.82, 2.24) is 4.90 Å². The molecule has 3 rings (SSSR count). The van der Waals surface area contributed by atoms with E-state index in [9.17, 15) is 0 Å². The van der Waals surface area contributed by atoms with Crippen molar-refractivity contribution >= 4 is 0 Å². The van der Waals surface area contributed by atoms with Gasteiger partial charge in [0.05, 0.1) is 0 Å². The van der Waals surface area contributed by atoms with E-state index in [4.69, 9.17) is 0 Å². The highest BCUT2D eigenvalue weighted by molar-refractivity contribution is 5.45. The Morgan fingerprint density at radius 1 is 1.08 bits per heavy atom. The predicted octanol–water partition coefficient (Wildman–Crippen LogP) is 3.10. The van der Waals surface area contributed by atoms with E-state index >= 15 is 0 Å². The smallest absolute Gasteiger partial charge is 0.0476 e. The fourth-order valence-corrected chi connectivity index (χ4v) is 2.39. The minimum atomic E-state index is 1.13. The third-order valence-electron chi connectivity index (χ3n) is 2.97. The van der Waals surface area contributed by atoms with Crippen LogP contribution >= 0.6 is 0 Å². The van der Waals surface area contributed by atoms with Crippen LogP contribution in [0.1, 0.15) is 25.7 Å². The van der Waals surface area contributed by atoms with Gasteiger partial charge in [-0.05, 0) is 36.8 Å². The van der Waals surface area contributed by atoms with Crippen LogP contribution in [0.4, 0.5) is 0 Å². The molecule has 66 valence electrons. The number of allylic oxidation sites excluding steroid dienone is 5. The summed E-state index contributed by atoms with van der Waals surface area (Å²) in [6, 6.07) is 0. The average Bonchev–Trinajstić information content (AvgIpc) is 2.19. The van der Waals surface area contributed by atoms with Gasteiger partial charge in [0.1, 0.15) is 0 Å². The van der Waals surface area contributed by atoms with Crippen LogP contribution in [0, 0.1) is 0 Å². The summed E-state index contributed by atoms with van der Waals surface area (Å²) >= 11 is 0. The lowest BCUT2D eigenvalue weighted by Gasteiger charge is -2.33. The van der Waals surface area contributed by atoms with Gasteiger partial charge in [-0.25, -0.2) is 0 Å². The van der Waals surface area contributed by atoms with E-state index < -0.39 is 0 Å². The molecule has 1 aliphatic carbocycles. The molecule has 2 heterocycles. The van der Waals surface area contributed by atoms with Crippen molar-refractivity contribution in [2.45, 2.75) is 25.7 Å². The van der Waals surface area contributed by atoms with E-state index in [2.05, 4.69) is 35.5 Å². The highest BCUT2D eigenvalue weighted by Gasteiger charge is 2.22. The molecule has 0 atom stereocenters. The summed E-state index contributed by atoms with van der Waals surface area (Å²) in [6.45, 7) is 0. The molecular weight excluding hydrogens is 158 g/mol. The lowest BCUT2D eigenvalue weighted by molar-refractivity contribution is 0.571. The summed E-state index contributed by atoms with van der Waals surface area (Å²) in [7, 11) is 0. The number of hydrogen-bond donors (Lipinski definition) is 0. The van der Waals surface area contributed by atoms with Gasteiger partial charge < -0.3 is 4.90 Å². The minimum absolute atomic E-state index is 1.13. The van der Waals surface area contributed by atoms with Gasteiger partial charge in [0.25, 0.3) is 0 Å². The van der Waals surface area contributed by atoms with E-state index in [1.165, 1.54) is 24.1 Å². The highest BCUT2D eigenvalue weighted by Crippen LogP contribution is 2.37. The number of hydrogen-bond acceptors (Lipinski definition) is 1. The zero-order valence-electron chi connectivity index (χ0n) is 7.66. The van der Waals surface area contributed by atoms with Crippen molar-refractivity contribution in [2.75, 3.05) is 0 Å². The molecule has 0 radical (unpaired) electrons. The average molecular weight is 171 g/mol. The normalized spacial score (nSPS) is 24.6. The van der Waals surface area contributed by atoms with Crippen LogP contribution in [0.3, 0.4) is 0 Å². The molecule has 2 aliphatic heterocycles. The minimum Gasteiger partial charge on any atom is -0.324 e. The molecule has 0 fully saturated rings. The predicted molar refractivity (Wildman–Crippen MR) is 53.7 cm³/mol. The molecule has 13 heavy (non-hydrogen) atoms. The Morgan fingerprint density at radius 2 is 1.92 bits per heavy atom. The largest absolute Gasteiger partial charge is 0.324 e. The monoisotopic (exact) mass is 171 g/mol. The van der Waals surface area contributed by atoms with E-state index in [-0.39, 0.29) is 0 Å². The Bertz CT molecular complexity index is 355. The van der Waals surface area contributed by atoms with Gasteiger partial charge >= 0.3 is 0 Å². The molecule has 0 bridgehead atoms. The van der Waals surface area contributed by atoms with Crippen molar-refractivity contribution in [3.05, 3.63) is 47.5 Å². The van der Waals surface area contributed by atoms with Crippen LogP contribution in [0.15, 0.2) is 47.5 Å². The van der Waals surface area contributed by atoms with Crippen molar-refractivity contribution in [3.63, 3.8) is 0 Å². The molecule has 0 N–H and O–H groups in total. The van der Waals surface area contributed by atoms with Crippen LogP contribution in [0.5, 0.6) is 0 Å². The second-order valence-corrected chi connectivity index (χ2v) is 3.81. The van der Waals surface area contributed by atoms with Gasteiger partial charge in [0.2, 0.25) is 0 Å². The van der Waals surface area contributed by atoms with Crippen LogP contribution in [-0.2, 0) is 0 Å². The lowest BCUT2D eigenvalue weighted by atomic mass is 9.88. The van der Waals surface area contributed by atoms with Gasteiger partial charge in [0.15, 0.2) is 0 Å². The number of rotatable bonds is 0. The first-order valence-corrected chi connectivity index (χ1v) is 4.98. The molecule has 0 aromatic heterocycles. The van der Waals surface area contributed by atoms with Crippen LogP contribution < -0.4 is 0 Å². The first-order chi connectivity index (χ1) is 6.45. The Hall–Kier alpha value is -1.24. The Morgan fingerprint density at radius 3 is 2.85 bits per heavy atom. The lowest BCUT2D eigenvalue weighted by Crippen LogP contribution is -2.21. The van der Waals surface area contributed by atoms with E-state index in [1.807, 2.05) is 0 Å². The Labute approximate surface area is 78.7 Å². The molecule has 0 aromatic carbocycles. The fraction of sp³-hybridized carbons (Fsp3) is 0.333. The van der Waals surface area contributed by atoms with Crippen molar-refractivity contribution in [2.24, 2.45) is 0 Å². The molecule has 1 nitrogen and oxygen atoms in total. The molecule has 0 unspecified atom stereocenters. The standard InChI is InChI=1S/C12H13N/c1-4-10-6-2-8-13-9-3-7-11(5-1)12(10)13/h2-4,8-9H,1,5-7H2. The quantitative estimate of drug-likeness (QED) is 0.541. The maximum Gasteiger partial charge on any atom is 0.0476 e.